The van der Waals surface area contributed by atoms with E-state index in [1.165, 1.54) is 0 Å². The summed E-state index contributed by atoms with van der Waals surface area (Å²) in [5.74, 6) is -0.376. The highest BCUT2D eigenvalue weighted by atomic mass is 19.3. The van der Waals surface area contributed by atoms with Crippen LogP contribution < -0.4 is 5.32 Å². The van der Waals surface area contributed by atoms with Gasteiger partial charge in [0.2, 0.25) is 0 Å². The molecule has 27 heavy (non-hydrogen) atoms. The summed E-state index contributed by atoms with van der Waals surface area (Å²) in [5, 5.41) is 3.57. The number of hydrogen-bond donors (Lipinski definition) is 1. The van der Waals surface area contributed by atoms with E-state index >= 15 is 0 Å². The molecule has 0 radical (unpaired) electrons. The largest absolute Gasteiger partial charge is 0.451 e. The molecule has 4 rings (SSSR count). The summed E-state index contributed by atoms with van der Waals surface area (Å²) in [6.45, 7) is -0.800. The molecule has 1 N–H and O–H groups in total. The van der Waals surface area contributed by atoms with Crippen molar-refractivity contribution in [3.8, 4) is 0 Å². The second-order valence-corrected chi connectivity index (χ2v) is 6.37. The van der Waals surface area contributed by atoms with E-state index in [9.17, 15) is 13.6 Å². The highest BCUT2D eigenvalue weighted by Gasteiger charge is 2.22. The van der Waals surface area contributed by atoms with E-state index in [2.05, 4.69) is 10.3 Å². The monoisotopic (exact) mass is 369 g/mol. The van der Waals surface area contributed by atoms with Crippen molar-refractivity contribution in [2.24, 2.45) is 0 Å². The first-order valence-corrected chi connectivity index (χ1v) is 8.56. The molecule has 7 heteroatoms. The first-order chi connectivity index (χ1) is 13.0. The highest BCUT2D eigenvalue weighted by molar-refractivity contribution is 5.96. The van der Waals surface area contributed by atoms with Gasteiger partial charge in [0.25, 0.3) is 5.91 Å². The fourth-order valence-corrected chi connectivity index (χ4v) is 3.13. The van der Waals surface area contributed by atoms with Crippen molar-refractivity contribution >= 4 is 27.9 Å². The maximum absolute atomic E-state index is 13.6. The average molecular weight is 369 g/mol. The number of benzene rings is 2. The number of hydrogen-bond acceptors (Lipinski definition) is 3. The Morgan fingerprint density at radius 1 is 1.19 bits per heavy atom. The third-order valence-corrected chi connectivity index (χ3v) is 4.48. The lowest BCUT2D eigenvalue weighted by Crippen LogP contribution is -2.28. The standard InChI is InChI=1S/C20H17F2N3O2/c1-12(18-24-14-7-3-4-8-15(14)25(18)20(21)22)11-23-19(26)17-10-13-6-2-5-9-16(13)27-17/h2-10,12,20H,11H2,1H3,(H,23,26). The molecular weight excluding hydrogens is 352 g/mol. The molecule has 0 spiro atoms. The summed E-state index contributed by atoms with van der Waals surface area (Å²) < 4.78 is 33.5. The summed E-state index contributed by atoms with van der Waals surface area (Å²) in [4.78, 5) is 16.7. The van der Waals surface area contributed by atoms with Gasteiger partial charge in [-0.05, 0) is 24.3 Å². The van der Waals surface area contributed by atoms with E-state index in [-0.39, 0.29) is 18.1 Å². The van der Waals surface area contributed by atoms with Gasteiger partial charge in [0, 0.05) is 17.8 Å². The van der Waals surface area contributed by atoms with Crippen LogP contribution in [0.5, 0.6) is 0 Å². The summed E-state index contributed by atoms with van der Waals surface area (Å²) in [6, 6.07) is 15.7. The first-order valence-electron chi connectivity index (χ1n) is 8.56. The third-order valence-electron chi connectivity index (χ3n) is 4.48. The number of rotatable bonds is 5. The molecule has 0 bridgehead atoms. The van der Waals surface area contributed by atoms with E-state index in [1.807, 2.05) is 18.2 Å². The number of alkyl halides is 2. The minimum Gasteiger partial charge on any atom is -0.451 e. The normalized spacial score (nSPS) is 12.7. The van der Waals surface area contributed by atoms with Crippen molar-refractivity contribution in [2.45, 2.75) is 19.4 Å². The zero-order valence-corrected chi connectivity index (χ0v) is 14.5. The van der Waals surface area contributed by atoms with Gasteiger partial charge in [0.15, 0.2) is 5.76 Å². The zero-order valence-electron chi connectivity index (χ0n) is 14.5. The van der Waals surface area contributed by atoms with Crippen molar-refractivity contribution < 1.29 is 18.0 Å². The minimum absolute atomic E-state index is 0.159. The fraction of sp³-hybridized carbons (Fsp3) is 0.200. The fourth-order valence-electron chi connectivity index (χ4n) is 3.13. The molecule has 138 valence electrons. The number of nitrogens with zero attached hydrogens (tertiary/aromatic N) is 2. The number of imidazole rings is 1. The first kappa shape index (κ1) is 17.2. The number of halogens is 2. The number of carbonyl (C=O) groups excluding carboxylic acids is 1. The Balaban J connectivity index is 1.54. The lowest BCUT2D eigenvalue weighted by molar-refractivity contribution is 0.0703. The molecule has 2 aromatic carbocycles. The smallest absolute Gasteiger partial charge is 0.320 e. The van der Waals surface area contributed by atoms with E-state index in [4.69, 9.17) is 4.42 Å². The summed E-state index contributed by atoms with van der Waals surface area (Å²) in [7, 11) is 0. The van der Waals surface area contributed by atoms with Gasteiger partial charge in [0.05, 0.1) is 11.0 Å². The van der Waals surface area contributed by atoms with Crippen LogP contribution in [0.4, 0.5) is 8.78 Å². The Morgan fingerprint density at radius 2 is 1.93 bits per heavy atom. The van der Waals surface area contributed by atoms with Crippen LogP contribution in [0.1, 0.15) is 35.8 Å². The van der Waals surface area contributed by atoms with Crippen molar-refractivity contribution in [1.82, 2.24) is 14.9 Å². The number of fused-ring (bicyclic) bond motifs is 2. The van der Waals surface area contributed by atoms with Gasteiger partial charge in [-0.25, -0.2) is 4.98 Å². The highest BCUT2D eigenvalue weighted by Crippen LogP contribution is 2.27. The van der Waals surface area contributed by atoms with Crippen LogP contribution in [0, 0.1) is 0 Å². The quantitative estimate of drug-likeness (QED) is 0.554. The van der Waals surface area contributed by atoms with Crippen LogP contribution in [0.15, 0.2) is 59.0 Å². The van der Waals surface area contributed by atoms with Gasteiger partial charge in [-0.2, -0.15) is 8.78 Å². The van der Waals surface area contributed by atoms with Crippen LogP contribution >= 0.6 is 0 Å². The molecule has 0 saturated heterocycles. The number of aromatic nitrogens is 2. The average Bonchev–Trinajstić information content (AvgIpc) is 3.27. The lowest BCUT2D eigenvalue weighted by atomic mass is 10.1. The molecule has 1 atom stereocenters. The summed E-state index contributed by atoms with van der Waals surface area (Å²) in [6.07, 6.45) is 0. The Morgan fingerprint density at radius 3 is 2.70 bits per heavy atom. The molecule has 0 fully saturated rings. The number of nitrogens with one attached hydrogen (secondary N) is 1. The van der Waals surface area contributed by atoms with Crippen molar-refractivity contribution in [3.63, 3.8) is 0 Å². The zero-order chi connectivity index (χ0) is 19.0. The van der Waals surface area contributed by atoms with Crippen LogP contribution in [0.25, 0.3) is 22.0 Å². The maximum Gasteiger partial charge on any atom is 0.320 e. The van der Waals surface area contributed by atoms with Crippen LogP contribution in [0.2, 0.25) is 0 Å². The lowest BCUT2D eigenvalue weighted by Gasteiger charge is -2.14. The number of para-hydroxylation sites is 3. The minimum atomic E-state index is -2.71. The van der Waals surface area contributed by atoms with E-state index in [0.29, 0.717) is 16.6 Å². The molecule has 5 nitrogen and oxygen atoms in total. The van der Waals surface area contributed by atoms with Gasteiger partial charge >= 0.3 is 6.55 Å². The predicted octanol–water partition coefficient (Wildman–Crippen LogP) is 4.71. The van der Waals surface area contributed by atoms with Gasteiger partial charge in [0.1, 0.15) is 11.4 Å². The molecule has 2 aromatic heterocycles. The molecule has 2 heterocycles. The van der Waals surface area contributed by atoms with Crippen molar-refractivity contribution in [3.05, 3.63) is 66.2 Å². The van der Waals surface area contributed by atoms with Crippen LogP contribution in [-0.2, 0) is 0 Å². The Bertz CT molecular complexity index is 1080. The second-order valence-electron chi connectivity index (χ2n) is 6.37. The Labute approximate surface area is 153 Å². The van der Waals surface area contributed by atoms with E-state index in [0.717, 1.165) is 9.95 Å². The molecule has 0 aliphatic rings. The SMILES string of the molecule is CC(CNC(=O)c1cc2ccccc2o1)c1nc2ccccc2n1C(F)F. The molecule has 0 aliphatic carbocycles. The maximum atomic E-state index is 13.6. The Kier molecular flexibility index (Phi) is 4.35. The van der Waals surface area contributed by atoms with Crippen molar-refractivity contribution in [1.29, 1.82) is 0 Å². The van der Waals surface area contributed by atoms with Crippen LogP contribution in [0.3, 0.4) is 0 Å². The molecule has 4 aromatic rings. The van der Waals surface area contributed by atoms with Gasteiger partial charge in [-0.15, -0.1) is 0 Å². The molecule has 1 unspecified atom stereocenters. The summed E-state index contributed by atoms with van der Waals surface area (Å²) in [5.41, 5.74) is 1.50. The van der Waals surface area contributed by atoms with Gasteiger partial charge in [-0.3, -0.25) is 9.36 Å². The predicted molar refractivity (Wildman–Crippen MR) is 97.9 cm³/mol. The number of carbonyl (C=O) groups is 1. The van der Waals surface area contributed by atoms with Crippen molar-refractivity contribution in [2.75, 3.05) is 6.54 Å². The van der Waals surface area contributed by atoms with E-state index < -0.39 is 18.4 Å². The van der Waals surface area contributed by atoms with Gasteiger partial charge in [-0.1, -0.05) is 37.3 Å². The van der Waals surface area contributed by atoms with Crippen LogP contribution in [-0.4, -0.2) is 22.0 Å². The number of amides is 1. The topological polar surface area (TPSA) is 60.1 Å². The molecule has 1 amide bonds. The molecule has 0 saturated carbocycles. The van der Waals surface area contributed by atoms with E-state index in [1.54, 1.807) is 43.3 Å². The second kappa shape index (κ2) is 6.83. The molecule has 0 aliphatic heterocycles. The third kappa shape index (κ3) is 3.16. The summed E-state index contributed by atoms with van der Waals surface area (Å²) >= 11 is 0. The van der Waals surface area contributed by atoms with Gasteiger partial charge < -0.3 is 9.73 Å². The molecular formula is C20H17F2N3O2. The Hall–Kier alpha value is -3.22. The number of furan rings is 1.